The Morgan fingerprint density at radius 1 is 0.333 bits per heavy atom. The fourth-order valence-electron chi connectivity index (χ4n) is 7.74. The Morgan fingerprint density at radius 3 is 0.688 bits per heavy atom. The van der Waals surface area contributed by atoms with Crippen LogP contribution in [0.2, 0.25) is 0 Å². The van der Waals surface area contributed by atoms with Crippen LogP contribution in [0.3, 0.4) is 0 Å². The van der Waals surface area contributed by atoms with Crippen molar-refractivity contribution in [3.05, 3.63) is 144 Å². The molecule has 4 aromatic rings. The summed E-state index contributed by atoms with van der Waals surface area (Å²) >= 11 is 0. The summed E-state index contributed by atoms with van der Waals surface area (Å²) in [7, 11) is 0. The van der Waals surface area contributed by atoms with Crippen LogP contribution in [0.5, 0.6) is 0 Å². The molecule has 0 aliphatic carbocycles. The van der Waals surface area contributed by atoms with E-state index in [1.165, 1.54) is 22.3 Å². The zero-order valence-corrected chi connectivity index (χ0v) is 30.1. The number of hydrogen-bond acceptors (Lipinski definition) is 4. The molecule has 1 fully saturated rings. The van der Waals surface area contributed by atoms with Crippen LogP contribution in [-0.2, 0) is 26.2 Å². The molecule has 0 N–H and O–H groups in total. The quantitative estimate of drug-likeness (QED) is 0.153. The molecule has 0 radical (unpaired) electrons. The number of nitrogens with zero attached hydrogens (tertiary/aromatic N) is 4. The van der Waals surface area contributed by atoms with E-state index in [4.69, 9.17) is 0 Å². The van der Waals surface area contributed by atoms with Gasteiger partial charge >= 0.3 is 0 Å². The van der Waals surface area contributed by atoms with E-state index in [1.807, 2.05) is 0 Å². The lowest BCUT2D eigenvalue weighted by Crippen LogP contribution is -2.57. The van der Waals surface area contributed by atoms with Gasteiger partial charge in [0, 0.05) is 76.5 Å². The Kier molecular flexibility index (Phi) is 14.3. The average molecular weight is 645 g/mol. The molecule has 1 aliphatic heterocycles. The van der Waals surface area contributed by atoms with Gasteiger partial charge in [-0.15, -0.1) is 0 Å². The van der Waals surface area contributed by atoms with E-state index in [1.54, 1.807) is 0 Å². The van der Waals surface area contributed by atoms with E-state index in [9.17, 15) is 0 Å². The van der Waals surface area contributed by atoms with Crippen LogP contribution in [-0.4, -0.2) is 69.9 Å². The first-order valence-electron chi connectivity index (χ1n) is 18.7. The fraction of sp³-hybridized carbons (Fsp3) is 0.455. The summed E-state index contributed by atoms with van der Waals surface area (Å²) in [4.78, 5) is 11.4. The van der Waals surface area contributed by atoms with Gasteiger partial charge < -0.3 is 0 Å². The molecule has 1 aliphatic rings. The third-order valence-corrected chi connectivity index (χ3v) is 10.6. The maximum atomic E-state index is 2.84. The summed E-state index contributed by atoms with van der Waals surface area (Å²) < 4.78 is 0. The third-order valence-electron chi connectivity index (χ3n) is 10.6. The first-order chi connectivity index (χ1) is 23.6. The van der Waals surface area contributed by atoms with E-state index in [0.29, 0.717) is 24.2 Å². The van der Waals surface area contributed by atoms with Crippen molar-refractivity contribution in [1.29, 1.82) is 0 Å². The minimum Gasteiger partial charge on any atom is -0.293 e. The molecule has 0 aromatic heterocycles. The second-order valence-electron chi connectivity index (χ2n) is 13.9. The molecule has 4 atom stereocenters. The molecule has 5 rings (SSSR count). The van der Waals surface area contributed by atoms with Gasteiger partial charge in [0.2, 0.25) is 0 Å². The number of rotatable bonds is 12. The van der Waals surface area contributed by atoms with Crippen LogP contribution in [0, 0.1) is 0 Å². The van der Waals surface area contributed by atoms with Crippen LogP contribution in [0.4, 0.5) is 0 Å². The van der Waals surface area contributed by atoms with Crippen molar-refractivity contribution >= 4 is 0 Å². The molecule has 0 spiro atoms. The van der Waals surface area contributed by atoms with Crippen molar-refractivity contribution < 1.29 is 0 Å². The van der Waals surface area contributed by atoms with Crippen molar-refractivity contribution in [1.82, 2.24) is 19.6 Å². The Morgan fingerprint density at radius 2 is 0.521 bits per heavy atom. The van der Waals surface area contributed by atoms with E-state index in [-0.39, 0.29) is 0 Å². The van der Waals surface area contributed by atoms with Gasteiger partial charge in [0.1, 0.15) is 0 Å². The standard InChI is InChI=1S/C44H60N4/c1-5-41-33-46(30-38-23-15-10-16-24-38)43(7-3)35-48(32-40-27-19-12-20-28-40)44(8-4)36-47(31-39-25-17-11-18-26-39)42(6-2)34-45(41)29-37-21-13-9-14-22-37/h9-28,41-44H,5-8,29-36H2,1-4H3/t41-,42?,43?,44?/m1/s1. The molecular weight excluding hydrogens is 585 g/mol. The van der Waals surface area contributed by atoms with E-state index in [0.717, 1.165) is 78.0 Å². The number of benzene rings is 4. The van der Waals surface area contributed by atoms with E-state index >= 15 is 0 Å². The highest BCUT2D eigenvalue weighted by Crippen LogP contribution is 2.25. The molecule has 0 saturated carbocycles. The van der Waals surface area contributed by atoms with Gasteiger partial charge in [-0.3, -0.25) is 19.6 Å². The predicted octanol–water partition coefficient (Wildman–Crippen LogP) is 9.12. The van der Waals surface area contributed by atoms with Crippen molar-refractivity contribution in [2.75, 3.05) is 26.2 Å². The molecule has 4 nitrogen and oxygen atoms in total. The van der Waals surface area contributed by atoms with Gasteiger partial charge in [-0.05, 0) is 47.9 Å². The molecule has 256 valence electrons. The average Bonchev–Trinajstić information content (AvgIpc) is 3.13. The van der Waals surface area contributed by atoms with Gasteiger partial charge in [-0.25, -0.2) is 0 Å². The largest absolute Gasteiger partial charge is 0.293 e. The molecular formula is C44H60N4. The Hall–Kier alpha value is -3.28. The number of hydrogen-bond donors (Lipinski definition) is 0. The highest BCUT2D eigenvalue weighted by molar-refractivity contribution is 5.18. The lowest BCUT2D eigenvalue weighted by molar-refractivity contribution is 0.0150. The van der Waals surface area contributed by atoms with Crippen LogP contribution >= 0.6 is 0 Å². The summed E-state index contributed by atoms with van der Waals surface area (Å²) in [6.07, 6.45) is 4.54. The molecule has 4 aromatic carbocycles. The lowest BCUT2D eigenvalue weighted by atomic mass is 10.0. The third kappa shape index (κ3) is 10.4. The van der Waals surface area contributed by atoms with Gasteiger partial charge in [0.15, 0.2) is 0 Å². The van der Waals surface area contributed by atoms with Gasteiger partial charge in [0.05, 0.1) is 0 Å². The predicted molar refractivity (Wildman–Crippen MR) is 204 cm³/mol. The summed E-state index contributed by atoms with van der Waals surface area (Å²) in [6.45, 7) is 17.9. The molecule has 1 heterocycles. The molecule has 1 saturated heterocycles. The van der Waals surface area contributed by atoms with E-state index < -0.39 is 0 Å². The van der Waals surface area contributed by atoms with E-state index in [2.05, 4.69) is 169 Å². The SMILES string of the molecule is CCC1CN(Cc2ccccc2)C(CC)CN(Cc2ccccc2)[C@H](CC)CN(Cc2ccccc2)C(CC)CN1Cc1ccccc1. The van der Waals surface area contributed by atoms with Gasteiger partial charge in [-0.2, -0.15) is 0 Å². The molecule has 0 amide bonds. The van der Waals surface area contributed by atoms with Crippen molar-refractivity contribution in [3.63, 3.8) is 0 Å². The zero-order chi connectivity index (χ0) is 33.6. The Balaban J connectivity index is 1.57. The Bertz CT molecular complexity index is 1190. The minimum absolute atomic E-state index is 0.458. The van der Waals surface area contributed by atoms with Crippen LogP contribution in [0.1, 0.15) is 75.6 Å². The maximum absolute atomic E-state index is 2.84. The van der Waals surface area contributed by atoms with Crippen LogP contribution in [0.15, 0.2) is 121 Å². The monoisotopic (exact) mass is 644 g/mol. The zero-order valence-electron chi connectivity index (χ0n) is 30.1. The Labute approximate surface area is 292 Å². The summed E-state index contributed by atoms with van der Waals surface area (Å²) in [5.41, 5.74) is 5.65. The highest BCUT2D eigenvalue weighted by atomic mass is 15.3. The van der Waals surface area contributed by atoms with Gasteiger partial charge in [0.25, 0.3) is 0 Å². The second kappa shape index (κ2) is 19.0. The van der Waals surface area contributed by atoms with Crippen molar-refractivity contribution in [2.45, 2.75) is 104 Å². The summed E-state index contributed by atoms with van der Waals surface area (Å²) in [6, 6.07) is 46.6. The minimum atomic E-state index is 0.458. The molecule has 3 unspecified atom stereocenters. The molecule has 4 heteroatoms. The first-order valence-corrected chi connectivity index (χ1v) is 18.7. The lowest BCUT2D eigenvalue weighted by Gasteiger charge is -2.46. The fourth-order valence-corrected chi connectivity index (χ4v) is 7.74. The molecule has 48 heavy (non-hydrogen) atoms. The highest BCUT2D eigenvalue weighted by Gasteiger charge is 2.33. The maximum Gasteiger partial charge on any atom is 0.0237 e. The smallest absolute Gasteiger partial charge is 0.0237 e. The van der Waals surface area contributed by atoms with Crippen LogP contribution < -0.4 is 0 Å². The van der Waals surface area contributed by atoms with Gasteiger partial charge in [-0.1, -0.05) is 149 Å². The topological polar surface area (TPSA) is 13.0 Å². The van der Waals surface area contributed by atoms with Crippen molar-refractivity contribution in [3.8, 4) is 0 Å². The van der Waals surface area contributed by atoms with Crippen LogP contribution in [0.25, 0.3) is 0 Å². The van der Waals surface area contributed by atoms with Crippen molar-refractivity contribution in [2.24, 2.45) is 0 Å². The normalized spacial score (nSPS) is 22.6. The molecule has 0 bridgehead atoms. The second-order valence-corrected chi connectivity index (χ2v) is 13.9. The summed E-state index contributed by atoms with van der Waals surface area (Å²) in [5, 5.41) is 0. The summed E-state index contributed by atoms with van der Waals surface area (Å²) in [5.74, 6) is 0. The first kappa shape index (κ1) is 36.0.